The van der Waals surface area contributed by atoms with Crippen molar-refractivity contribution in [1.82, 2.24) is 10.3 Å². The van der Waals surface area contributed by atoms with Crippen LogP contribution in [0.3, 0.4) is 0 Å². The maximum absolute atomic E-state index is 13.9. The lowest BCUT2D eigenvalue weighted by atomic mass is 9.77. The number of hydrogen-bond acceptors (Lipinski definition) is 10. The van der Waals surface area contributed by atoms with E-state index in [1.54, 1.807) is 6.20 Å². The van der Waals surface area contributed by atoms with Crippen molar-refractivity contribution in [2.24, 2.45) is 33.0 Å². The monoisotopic (exact) mass is 741 g/mol. The average molecular weight is 742 g/mol. The van der Waals surface area contributed by atoms with Gasteiger partial charge in [-0.1, -0.05) is 35.9 Å². The number of aliphatic imine (C=N–C) groups is 1. The number of Topliss-reactive ketones (excluding diaryl/α,β-unsaturated/α-hetero) is 1. The van der Waals surface area contributed by atoms with Crippen LogP contribution in [-0.2, 0) is 25.5 Å². The van der Waals surface area contributed by atoms with Crippen LogP contribution in [0.2, 0.25) is 5.02 Å². The summed E-state index contributed by atoms with van der Waals surface area (Å²) >= 11 is 6.88. The van der Waals surface area contributed by atoms with Gasteiger partial charge in [-0.3, -0.25) is 9.59 Å². The molecule has 2 N–H and O–H groups in total. The molecule has 1 saturated heterocycles. The lowest BCUT2D eigenvalue weighted by Crippen LogP contribution is -2.37. The number of amides is 2. The maximum atomic E-state index is 13.9. The van der Waals surface area contributed by atoms with Crippen LogP contribution in [0.5, 0.6) is 0 Å². The molecule has 280 valence electrons. The Hall–Kier alpha value is -4.68. The number of alkyl carbamates (subject to hydrolysis) is 1. The van der Waals surface area contributed by atoms with Gasteiger partial charge in [-0.2, -0.15) is 5.11 Å². The van der Waals surface area contributed by atoms with E-state index in [-0.39, 0.29) is 29.9 Å². The molecule has 2 fully saturated rings. The topological polar surface area (TPSA) is 147 Å². The van der Waals surface area contributed by atoms with Crippen LogP contribution in [0.1, 0.15) is 64.0 Å². The Morgan fingerprint density at radius 3 is 2.32 bits per heavy atom. The Kier molecular flexibility index (Phi) is 12.5. The summed E-state index contributed by atoms with van der Waals surface area (Å²) in [5.74, 6) is 0.771. The fourth-order valence-corrected chi connectivity index (χ4v) is 7.32. The number of rotatable bonds is 12. The Labute approximate surface area is 315 Å². The van der Waals surface area contributed by atoms with Crippen LogP contribution in [0.4, 0.5) is 16.3 Å². The summed E-state index contributed by atoms with van der Waals surface area (Å²) in [6, 6.07) is 17.2. The number of ketones is 1. The van der Waals surface area contributed by atoms with E-state index < -0.39 is 17.6 Å². The molecule has 2 aromatic carbocycles. The minimum atomic E-state index is -0.579. The number of aromatic nitrogens is 1. The lowest BCUT2D eigenvalue weighted by Gasteiger charge is -2.29. The number of azo groups is 1. The highest BCUT2D eigenvalue weighted by molar-refractivity contribution is 6.35. The van der Waals surface area contributed by atoms with Crippen molar-refractivity contribution in [3.8, 4) is 11.1 Å². The van der Waals surface area contributed by atoms with Crippen molar-refractivity contribution in [3.05, 3.63) is 76.9 Å². The van der Waals surface area contributed by atoms with E-state index in [1.807, 2.05) is 75.4 Å². The lowest BCUT2D eigenvalue weighted by molar-refractivity contribution is -0.129. The van der Waals surface area contributed by atoms with E-state index >= 15 is 0 Å². The standard InChI is InChI=1S/C40H48ClN7O5/c1-40(2,3)53-39(51)43-24-27-6-10-29(11-7-27)34(49)23-31(38(50)46-32-14-12-30(13-15-32)36-44-25-45-47-36)22-26-4-8-28(9-5-26)33-16-17-42-37(35(33)41)48-18-20-52-21-19-48/h4-5,8-9,12-17,27,29,31H,6-7,10-11,18-25H2,1-3H3,(H,43,51)(H,46,50)/t27?,29?,31-/m1/s1. The van der Waals surface area contributed by atoms with Crippen molar-refractivity contribution >= 4 is 46.7 Å². The first-order chi connectivity index (χ1) is 25.5. The molecule has 0 bridgehead atoms. The molecule has 1 atom stereocenters. The number of ether oxygens (including phenoxy) is 2. The van der Waals surface area contributed by atoms with Gasteiger partial charge in [0.2, 0.25) is 5.91 Å². The first-order valence-corrected chi connectivity index (χ1v) is 18.8. The number of benzene rings is 2. The molecule has 13 heteroatoms. The number of pyridine rings is 1. The molecule has 2 amide bonds. The maximum Gasteiger partial charge on any atom is 0.407 e. The molecule has 0 radical (unpaired) electrons. The van der Waals surface area contributed by atoms with Gasteiger partial charge in [0.05, 0.1) is 18.2 Å². The van der Waals surface area contributed by atoms with Crippen LogP contribution in [0, 0.1) is 17.8 Å². The zero-order valence-electron chi connectivity index (χ0n) is 30.6. The van der Waals surface area contributed by atoms with E-state index in [4.69, 9.17) is 21.1 Å². The van der Waals surface area contributed by atoms with Crippen LogP contribution in [0.15, 0.2) is 76.0 Å². The van der Waals surface area contributed by atoms with Crippen LogP contribution in [-0.4, -0.2) is 73.7 Å². The fourth-order valence-electron chi connectivity index (χ4n) is 6.98. The molecule has 0 spiro atoms. The van der Waals surface area contributed by atoms with Crippen LogP contribution < -0.4 is 15.5 Å². The minimum Gasteiger partial charge on any atom is -0.444 e. The second-order valence-electron chi connectivity index (χ2n) is 14.9. The van der Waals surface area contributed by atoms with Gasteiger partial charge in [0.15, 0.2) is 12.5 Å². The third kappa shape index (κ3) is 10.5. The van der Waals surface area contributed by atoms with Gasteiger partial charge in [-0.05, 0) is 100 Å². The second kappa shape index (κ2) is 17.4. The quantitative estimate of drug-likeness (QED) is 0.195. The number of nitrogens with zero attached hydrogens (tertiary/aromatic N) is 5. The Morgan fingerprint density at radius 1 is 0.962 bits per heavy atom. The van der Waals surface area contributed by atoms with Crippen LogP contribution >= 0.6 is 11.6 Å². The average Bonchev–Trinajstić information content (AvgIpc) is 3.70. The van der Waals surface area contributed by atoms with Gasteiger partial charge in [0, 0.05) is 60.9 Å². The summed E-state index contributed by atoms with van der Waals surface area (Å²) in [5.41, 5.74) is 3.65. The minimum absolute atomic E-state index is 0.0967. The molecule has 1 aromatic heterocycles. The molecule has 1 saturated carbocycles. The van der Waals surface area contributed by atoms with Gasteiger partial charge >= 0.3 is 6.09 Å². The summed E-state index contributed by atoms with van der Waals surface area (Å²) in [5, 5.41) is 14.5. The highest BCUT2D eigenvalue weighted by atomic mass is 35.5. The molecule has 2 aliphatic heterocycles. The Balaban J connectivity index is 1.12. The van der Waals surface area contributed by atoms with Gasteiger partial charge in [0.1, 0.15) is 17.2 Å². The van der Waals surface area contributed by atoms with E-state index in [0.29, 0.717) is 49.4 Å². The van der Waals surface area contributed by atoms with Crippen molar-refractivity contribution < 1.29 is 23.9 Å². The molecular weight excluding hydrogens is 694 g/mol. The summed E-state index contributed by atoms with van der Waals surface area (Å²) < 4.78 is 10.9. The van der Waals surface area contributed by atoms with E-state index in [2.05, 4.69) is 35.7 Å². The number of halogens is 1. The number of amidine groups is 1. The largest absolute Gasteiger partial charge is 0.444 e. The molecular formula is C40H48ClN7O5. The molecule has 12 nitrogen and oxygen atoms in total. The van der Waals surface area contributed by atoms with E-state index in [9.17, 15) is 14.4 Å². The summed E-state index contributed by atoms with van der Waals surface area (Å²) in [6.45, 7) is 9.08. The predicted octanol–water partition coefficient (Wildman–Crippen LogP) is 7.50. The number of anilines is 2. The number of carbonyl (C=O) groups excluding carboxylic acids is 3. The number of carbonyl (C=O) groups is 3. The first-order valence-electron chi connectivity index (χ1n) is 18.4. The van der Waals surface area contributed by atoms with Gasteiger partial charge in [0.25, 0.3) is 0 Å². The number of morpholine rings is 1. The van der Waals surface area contributed by atoms with Gasteiger partial charge in [-0.15, -0.1) is 5.11 Å². The normalized spacial score (nSPS) is 19.3. The smallest absolute Gasteiger partial charge is 0.407 e. The highest BCUT2D eigenvalue weighted by Gasteiger charge is 2.31. The van der Waals surface area contributed by atoms with Crippen molar-refractivity contribution in [1.29, 1.82) is 0 Å². The molecule has 3 heterocycles. The molecule has 0 unspecified atom stereocenters. The predicted molar refractivity (Wildman–Crippen MR) is 206 cm³/mol. The van der Waals surface area contributed by atoms with E-state index in [0.717, 1.165) is 66.8 Å². The SMILES string of the molecule is CC(C)(C)OC(=O)NCC1CCC(C(=O)C[C@@H](Cc2ccc(-c3ccnc(N4CCOCC4)c3Cl)cc2)C(=O)Nc2ccc(C3=NCN=N3)cc2)CC1. The molecule has 1 aliphatic carbocycles. The van der Waals surface area contributed by atoms with E-state index in [1.165, 1.54) is 0 Å². The van der Waals surface area contributed by atoms with Crippen molar-refractivity contribution in [3.63, 3.8) is 0 Å². The number of hydrogen-bond donors (Lipinski definition) is 2. The zero-order valence-corrected chi connectivity index (χ0v) is 31.4. The Bertz CT molecular complexity index is 1810. The molecule has 6 rings (SSSR count). The van der Waals surface area contributed by atoms with Gasteiger partial charge < -0.3 is 25.0 Å². The highest BCUT2D eigenvalue weighted by Crippen LogP contribution is 2.35. The van der Waals surface area contributed by atoms with Crippen LogP contribution in [0.25, 0.3) is 11.1 Å². The van der Waals surface area contributed by atoms with Gasteiger partial charge in [-0.25, -0.2) is 14.8 Å². The second-order valence-corrected chi connectivity index (χ2v) is 15.3. The first kappa shape index (κ1) is 38.1. The molecule has 3 aliphatic rings. The summed E-state index contributed by atoms with van der Waals surface area (Å²) in [7, 11) is 0. The molecule has 53 heavy (non-hydrogen) atoms. The van der Waals surface area contributed by atoms with Crippen molar-refractivity contribution in [2.45, 2.75) is 64.9 Å². The van der Waals surface area contributed by atoms with Crippen molar-refractivity contribution in [2.75, 3.05) is 49.7 Å². The Morgan fingerprint density at radius 2 is 1.66 bits per heavy atom. The fraction of sp³-hybridized carbons (Fsp3) is 0.475. The zero-order chi connectivity index (χ0) is 37.4. The summed E-state index contributed by atoms with van der Waals surface area (Å²) in [4.78, 5) is 50.8. The third-order valence-corrected chi connectivity index (χ3v) is 10.2. The number of nitrogens with one attached hydrogen (secondary N) is 2. The molecule has 3 aromatic rings. The summed E-state index contributed by atoms with van der Waals surface area (Å²) in [6.07, 6.45) is 4.98. The third-order valence-electron chi connectivity index (χ3n) is 9.84.